The normalized spacial score (nSPS) is 11.0. The van der Waals surface area contributed by atoms with E-state index in [9.17, 15) is 9.18 Å². The van der Waals surface area contributed by atoms with Gasteiger partial charge in [-0.2, -0.15) is 0 Å². The molecule has 1 amide bonds. The van der Waals surface area contributed by atoms with Crippen molar-refractivity contribution in [2.24, 2.45) is 0 Å². The molecule has 0 atom stereocenters. The molecule has 31 heavy (non-hydrogen) atoms. The van der Waals surface area contributed by atoms with Crippen molar-refractivity contribution in [2.45, 2.75) is 6.42 Å². The maximum absolute atomic E-state index is 14.1. The number of anilines is 1. The number of nitrogens with one attached hydrogen (secondary N) is 2. The first-order valence-corrected chi connectivity index (χ1v) is 10.7. The van der Waals surface area contributed by atoms with Crippen LogP contribution in [0.1, 0.15) is 5.56 Å². The molecule has 0 saturated heterocycles. The summed E-state index contributed by atoms with van der Waals surface area (Å²) in [7, 11) is 0. The number of H-pyrrole nitrogens is 1. The number of carbonyl (C=O) groups excluding carboxylic acids is 1. The predicted molar refractivity (Wildman–Crippen MR) is 124 cm³/mol. The van der Waals surface area contributed by atoms with Gasteiger partial charge < -0.3 is 10.3 Å². The first-order chi connectivity index (χ1) is 15.2. The largest absolute Gasteiger partial charge is 0.361 e. The van der Waals surface area contributed by atoms with Crippen LogP contribution in [0.4, 0.5) is 10.1 Å². The zero-order valence-electron chi connectivity index (χ0n) is 16.4. The Bertz CT molecular complexity index is 1390. The van der Waals surface area contributed by atoms with Crippen molar-refractivity contribution in [3.8, 4) is 21.8 Å². The number of thiazole rings is 1. The van der Waals surface area contributed by atoms with Crippen molar-refractivity contribution in [3.63, 3.8) is 0 Å². The van der Waals surface area contributed by atoms with Crippen LogP contribution in [0.25, 0.3) is 32.7 Å². The van der Waals surface area contributed by atoms with Gasteiger partial charge >= 0.3 is 0 Å². The summed E-state index contributed by atoms with van der Waals surface area (Å²) in [6, 6.07) is 22.0. The lowest BCUT2D eigenvalue weighted by atomic mass is 10.1. The zero-order chi connectivity index (χ0) is 21.2. The standard InChI is InChI=1S/C25H18FN3OS/c26-20-10-4-1-8-18(20)25-29-23(15-31-25)19-9-3-6-12-22(19)28-24(30)13-16-14-27-21-11-5-2-7-17(16)21/h1-12,14-15,27H,13H2,(H,28,30). The lowest BCUT2D eigenvalue weighted by Crippen LogP contribution is -2.14. The van der Waals surface area contributed by atoms with Crippen LogP contribution in [-0.2, 0) is 11.2 Å². The maximum Gasteiger partial charge on any atom is 0.228 e. The number of para-hydroxylation sites is 2. The molecule has 5 aromatic rings. The van der Waals surface area contributed by atoms with E-state index in [1.54, 1.807) is 18.2 Å². The number of halogens is 1. The van der Waals surface area contributed by atoms with Crippen LogP contribution in [-0.4, -0.2) is 15.9 Å². The van der Waals surface area contributed by atoms with E-state index in [-0.39, 0.29) is 18.1 Å². The smallest absolute Gasteiger partial charge is 0.228 e. The van der Waals surface area contributed by atoms with Gasteiger partial charge in [0.2, 0.25) is 5.91 Å². The highest BCUT2D eigenvalue weighted by atomic mass is 32.1. The van der Waals surface area contributed by atoms with Gasteiger partial charge in [0.15, 0.2) is 0 Å². The van der Waals surface area contributed by atoms with Crippen molar-refractivity contribution in [1.82, 2.24) is 9.97 Å². The number of aromatic nitrogens is 2. The van der Waals surface area contributed by atoms with Crippen molar-refractivity contribution in [2.75, 3.05) is 5.32 Å². The summed E-state index contributed by atoms with van der Waals surface area (Å²) in [5, 5.41) is 6.54. The first-order valence-electron chi connectivity index (χ1n) is 9.84. The number of hydrogen-bond acceptors (Lipinski definition) is 3. The molecule has 2 N–H and O–H groups in total. The minimum absolute atomic E-state index is 0.109. The Kier molecular flexibility index (Phi) is 5.06. The molecule has 5 rings (SSSR count). The monoisotopic (exact) mass is 427 g/mol. The Hall–Kier alpha value is -3.77. The van der Waals surface area contributed by atoms with Crippen molar-refractivity contribution in [3.05, 3.63) is 95.8 Å². The highest BCUT2D eigenvalue weighted by Gasteiger charge is 2.15. The number of hydrogen-bond donors (Lipinski definition) is 2. The molecular formula is C25H18FN3OS. The number of benzene rings is 3. The third kappa shape index (κ3) is 3.85. The maximum atomic E-state index is 14.1. The summed E-state index contributed by atoms with van der Waals surface area (Å²) < 4.78 is 14.1. The van der Waals surface area contributed by atoms with Gasteiger partial charge in [-0.05, 0) is 29.8 Å². The lowest BCUT2D eigenvalue weighted by Gasteiger charge is -2.09. The molecule has 6 heteroatoms. The molecule has 2 aromatic heterocycles. The number of carbonyl (C=O) groups is 1. The third-order valence-electron chi connectivity index (χ3n) is 5.11. The fourth-order valence-corrected chi connectivity index (χ4v) is 4.46. The second-order valence-corrected chi connectivity index (χ2v) is 8.01. The fourth-order valence-electron chi connectivity index (χ4n) is 3.62. The molecule has 0 saturated carbocycles. The molecule has 0 spiro atoms. The second kappa shape index (κ2) is 8.16. The van der Waals surface area contributed by atoms with Crippen molar-refractivity contribution < 1.29 is 9.18 Å². The van der Waals surface area contributed by atoms with Crippen LogP contribution >= 0.6 is 11.3 Å². The van der Waals surface area contributed by atoms with Crippen LogP contribution < -0.4 is 5.32 Å². The summed E-state index contributed by atoms with van der Waals surface area (Å²) in [4.78, 5) is 20.6. The minimum atomic E-state index is -0.302. The number of fused-ring (bicyclic) bond motifs is 1. The summed E-state index contributed by atoms with van der Waals surface area (Å²) in [6.07, 6.45) is 2.13. The van der Waals surface area contributed by atoms with Gasteiger partial charge in [-0.1, -0.05) is 48.5 Å². The lowest BCUT2D eigenvalue weighted by molar-refractivity contribution is -0.115. The molecule has 152 valence electrons. The van der Waals surface area contributed by atoms with E-state index in [4.69, 9.17) is 0 Å². The summed E-state index contributed by atoms with van der Waals surface area (Å²) in [6.45, 7) is 0. The molecule has 4 nitrogen and oxygen atoms in total. The second-order valence-electron chi connectivity index (χ2n) is 7.15. The van der Waals surface area contributed by atoms with E-state index < -0.39 is 0 Å². The summed E-state index contributed by atoms with van der Waals surface area (Å²) in [5.41, 5.74) is 4.60. The minimum Gasteiger partial charge on any atom is -0.361 e. The predicted octanol–water partition coefficient (Wildman–Crippen LogP) is 6.28. The van der Waals surface area contributed by atoms with E-state index in [2.05, 4.69) is 15.3 Å². The molecule has 0 unspecified atom stereocenters. The number of nitrogens with zero attached hydrogens (tertiary/aromatic N) is 1. The van der Waals surface area contributed by atoms with E-state index >= 15 is 0 Å². The van der Waals surface area contributed by atoms with Gasteiger partial charge in [0.05, 0.1) is 17.8 Å². The highest BCUT2D eigenvalue weighted by molar-refractivity contribution is 7.13. The fraction of sp³-hybridized carbons (Fsp3) is 0.0400. The third-order valence-corrected chi connectivity index (χ3v) is 5.99. The van der Waals surface area contributed by atoms with Crippen molar-refractivity contribution in [1.29, 1.82) is 0 Å². The van der Waals surface area contributed by atoms with Crippen LogP contribution in [0.3, 0.4) is 0 Å². The number of amides is 1. The number of aromatic amines is 1. The Balaban J connectivity index is 1.40. The van der Waals surface area contributed by atoms with Gasteiger partial charge in [-0.25, -0.2) is 9.37 Å². The average Bonchev–Trinajstić information content (AvgIpc) is 3.42. The molecule has 0 bridgehead atoms. The first kappa shape index (κ1) is 19.2. The Morgan fingerprint density at radius 3 is 2.58 bits per heavy atom. The van der Waals surface area contributed by atoms with Crippen molar-refractivity contribution >= 4 is 33.8 Å². The van der Waals surface area contributed by atoms with E-state index in [0.717, 1.165) is 22.0 Å². The van der Waals surface area contributed by atoms with Crippen LogP contribution in [0, 0.1) is 5.82 Å². The highest BCUT2D eigenvalue weighted by Crippen LogP contribution is 2.33. The van der Waals surface area contributed by atoms with Gasteiger partial charge in [-0.3, -0.25) is 4.79 Å². The van der Waals surface area contributed by atoms with E-state index in [0.29, 0.717) is 22.0 Å². The zero-order valence-corrected chi connectivity index (χ0v) is 17.2. The quantitative estimate of drug-likeness (QED) is 0.347. The molecular weight excluding hydrogens is 409 g/mol. The van der Waals surface area contributed by atoms with Gasteiger partial charge in [0.1, 0.15) is 10.8 Å². The molecule has 0 aliphatic heterocycles. The van der Waals surface area contributed by atoms with Crippen LogP contribution in [0.15, 0.2) is 84.4 Å². The molecule has 2 heterocycles. The van der Waals surface area contributed by atoms with Gasteiger partial charge in [0.25, 0.3) is 0 Å². The SMILES string of the molecule is O=C(Cc1c[nH]c2ccccc12)Nc1ccccc1-c1csc(-c2ccccc2F)n1. The van der Waals surface area contributed by atoms with Gasteiger partial charge in [-0.15, -0.1) is 11.3 Å². The van der Waals surface area contributed by atoms with E-state index in [1.807, 2.05) is 60.1 Å². The topological polar surface area (TPSA) is 57.8 Å². The molecule has 3 aromatic carbocycles. The molecule has 0 radical (unpaired) electrons. The molecule has 0 fully saturated rings. The Labute approximate surface area is 182 Å². The van der Waals surface area contributed by atoms with Gasteiger partial charge in [0, 0.05) is 33.6 Å². The summed E-state index contributed by atoms with van der Waals surface area (Å²) in [5.74, 6) is -0.412. The molecule has 0 aliphatic rings. The van der Waals surface area contributed by atoms with E-state index in [1.165, 1.54) is 17.4 Å². The molecule has 0 aliphatic carbocycles. The number of rotatable bonds is 5. The summed E-state index contributed by atoms with van der Waals surface area (Å²) >= 11 is 1.38. The Morgan fingerprint density at radius 2 is 1.71 bits per heavy atom. The Morgan fingerprint density at radius 1 is 0.968 bits per heavy atom. The van der Waals surface area contributed by atoms with Crippen LogP contribution in [0.5, 0.6) is 0 Å². The average molecular weight is 428 g/mol. The van der Waals surface area contributed by atoms with Crippen LogP contribution in [0.2, 0.25) is 0 Å².